The summed E-state index contributed by atoms with van der Waals surface area (Å²) in [5, 5.41) is 16.6. The molecule has 3 atom stereocenters. The maximum absolute atomic E-state index is 12.6. The number of non-ortho nitro benzene ring substituents is 1. The van der Waals surface area contributed by atoms with E-state index in [9.17, 15) is 19.7 Å². The zero-order valence-corrected chi connectivity index (χ0v) is 16.6. The molecule has 9 heteroatoms. The van der Waals surface area contributed by atoms with Crippen LogP contribution in [0, 0.1) is 22.0 Å². The standard InChI is InChI=1S/C19H26N4O4.ClH/c1-11(21-19(25)14-6-3-7-16(10-14)23(26)27)18(24)22-17-12-4-2-5-13(17)9-15(20)8-12;/h3,6-7,10-13,15,17H,2,4-5,8-9,20H2,1H3,(H,21,25)(H,22,24);1H. The fourth-order valence-electron chi connectivity index (χ4n) is 4.42. The van der Waals surface area contributed by atoms with E-state index in [-0.39, 0.29) is 41.6 Å². The first-order chi connectivity index (χ1) is 12.8. The topological polar surface area (TPSA) is 127 Å². The molecule has 2 saturated carbocycles. The first-order valence-corrected chi connectivity index (χ1v) is 9.46. The molecule has 2 aliphatic carbocycles. The number of carbonyl (C=O) groups excluding carboxylic acids is 2. The Morgan fingerprint density at radius 1 is 1.25 bits per heavy atom. The fourth-order valence-corrected chi connectivity index (χ4v) is 4.42. The Morgan fingerprint density at radius 2 is 1.89 bits per heavy atom. The van der Waals surface area contributed by atoms with E-state index < -0.39 is 16.9 Å². The molecule has 1 aromatic carbocycles. The summed E-state index contributed by atoms with van der Waals surface area (Å²) in [6.07, 6.45) is 5.17. The van der Waals surface area contributed by atoms with Gasteiger partial charge in [0.05, 0.1) is 4.92 Å². The molecule has 154 valence electrons. The van der Waals surface area contributed by atoms with Crippen LogP contribution in [0.2, 0.25) is 0 Å². The molecule has 0 heterocycles. The van der Waals surface area contributed by atoms with Gasteiger partial charge in [-0.15, -0.1) is 12.4 Å². The quantitative estimate of drug-likeness (QED) is 0.506. The summed E-state index contributed by atoms with van der Waals surface area (Å²) in [7, 11) is 0. The number of nitro groups is 1. The van der Waals surface area contributed by atoms with Crippen molar-refractivity contribution in [2.75, 3.05) is 0 Å². The second-order valence-corrected chi connectivity index (χ2v) is 7.72. The number of hydrogen-bond acceptors (Lipinski definition) is 5. The lowest BCUT2D eigenvalue weighted by Crippen LogP contribution is -2.57. The minimum Gasteiger partial charge on any atom is -0.351 e. The van der Waals surface area contributed by atoms with Crippen LogP contribution in [-0.4, -0.2) is 34.9 Å². The molecule has 0 spiro atoms. The Kier molecular flexibility index (Phi) is 7.37. The van der Waals surface area contributed by atoms with Gasteiger partial charge in [0, 0.05) is 29.8 Å². The third kappa shape index (κ3) is 4.99. The van der Waals surface area contributed by atoms with Crippen LogP contribution in [0.4, 0.5) is 5.69 Å². The van der Waals surface area contributed by atoms with E-state index >= 15 is 0 Å². The van der Waals surface area contributed by atoms with Gasteiger partial charge in [0.15, 0.2) is 0 Å². The van der Waals surface area contributed by atoms with Crippen LogP contribution >= 0.6 is 12.4 Å². The molecule has 8 nitrogen and oxygen atoms in total. The summed E-state index contributed by atoms with van der Waals surface area (Å²) in [6.45, 7) is 1.62. The number of halogens is 1. The van der Waals surface area contributed by atoms with Crippen LogP contribution in [0.25, 0.3) is 0 Å². The molecule has 4 N–H and O–H groups in total. The molecule has 3 unspecified atom stereocenters. The molecular formula is C19H27ClN4O4. The zero-order chi connectivity index (χ0) is 19.6. The molecule has 2 fully saturated rings. The molecule has 0 saturated heterocycles. The number of amides is 2. The predicted molar refractivity (Wildman–Crippen MR) is 107 cm³/mol. The highest BCUT2D eigenvalue weighted by atomic mass is 35.5. The van der Waals surface area contributed by atoms with E-state index in [1.165, 1.54) is 30.7 Å². The minimum atomic E-state index is -0.729. The van der Waals surface area contributed by atoms with Crippen molar-refractivity contribution in [3.8, 4) is 0 Å². The van der Waals surface area contributed by atoms with Crippen molar-refractivity contribution in [3.05, 3.63) is 39.9 Å². The Labute approximate surface area is 170 Å². The highest BCUT2D eigenvalue weighted by Crippen LogP contribution is 2.39. The maximum atomic E-state index is 12.6. The minimum absolute atomic E-state index is 0. The second kappa shape index (κ2) is 9.34. The van der Waals surface area contributed by atoms with Crippen molar-refractivity contribution in [1.29, 1.82) is 0 Å². The van der Waals surface area contributed by atoms with E-state index in [2.05, 4.69) is 10.6 Å². The van der Waals surface area contributed by atoms with Gasteiger partial charge in [-0.2, -0.15) is 0 Å². The monoisotopic (exact) mass is 410 g/mol. The summed E-state index contributed by atoms with van der Waals surface area (Å²) in [5.41, 5.74) is 6.12. The summed E-state index contributed by atoms with van der Waals surface area (Å²) < 4.78 is 0. The number of fused-ring (bicyclic) bond motifs is 2. The smallest absolute Gasteiger partial charge is 0.270 e. The summed E-state index contributed by atoms with van der Waals surface area (Å²) in [6, 6.07) is 5.05. The molecule has 3 rings (SSSR count). The molecule has 2 bridgehead atoms. The van der Waals surface area contributed by atoms with E-state index in [4.69, 9.17) is 5.73 Å². The molecule has 28 heavy (non-hydrogen) atoms. The van der Waals surface area contributed by atoms with Crippen molar-refractivity contribution in [2.45, 2.75) is 57.2 Å². The summed E-state index contributed by atoms with van der Waals surface area (Å²) in [5.74, 6) is 0.0608. The van der Waals surface area contributed by atoms with Crippen LogP contribution in [0.15, 0.2) is 24.3 Å². The van der Waals surface area contributed by atoms with Crippen LogP contribution in [-0.2, 0) is 4.79 Å². The van der Waals surface area contributed by atoms with Crippen molar-refractivity contribution in [2.24, 2.45) is 17.6 Å². The zero-order valence-electron chi connectivity index (χ0n) is 15.8. The Hall–Kier alpha value is -2.19. The largest absolute Gasteiger partial charge is 0.351 e. The van der Waals surface area contributed by atoms with E-state index in [0.29, 0.717) is 11.8 Å². The third-order valence-corrected chi connectivity index (χ3v) is 5.75. The Balaban J connectivity index is 0.00000280. The molecule has 0 aromatic heterocycles. The summed E-state index contributed by atoms with van der Waals surface area (Å²) >= 11 is 0. The van der Waals surface area contributed by atoms with Crippen LogP contribution in [0.5, 0.6) is 0 Å². The molecule has 0 aliphatic heterocycles. The maximum Gasteiger partial charge on any atom is 0.270 e. The fraction of sp³-hybridized carbons (Fsp3) is 0.579. The van der Waals surface area contributed by atoms with Crippen LogP contribution in [0.3, 0.4) is 0 Å². The lowest BCUT2D eigenvalue weighted by atomic mass is 9.67. The van der Waals surface area contributed by atoms with Gasteiger partial charge in [0.25, 0.3) is 11.6 Å². The van der Waals surface area contributed by atoms with Gasteiger partial charge in [-0.3, -0.25) is 19.7 Å². The third-order valence-electron chi connectivity index (χ3n) is 5.75. The van der Waals surface area contributed by atoms with E-state index in [0.717, 1.165) is 25.7 Å². The van der Waals surface area contributed by atoms with E-state index in [1.807, 2.05) is 0 Å². The molecule has 2 amide bonds. The average Bonchev–Trinajstić information content (AvgIpc) is 2.62. The predicted octanol–water partition coefficient (Wildman–Crippen LogP) is 2.16. The number of nitro benzene ring substituents is 1. The first kappa shape index (κ1) is 22.1. The number of nitrogens with one attached hydrogen (secondary N) is 2. The van der Waals surface area contributed by atoms with E-state index in [1.54, 1.807) is 6.92 Å². The van der Waals surface area contributed by atoms with Gasteiger partial charge in [-0.1, -0.05) is 12.5 Å². The lowest BCUT2D eigenvalue weighted by molar-refractivity contribution is -0.384. The summed E-state index contributed by atoms with van der Waals surface area (Å²) in [4.78, 5) is 35.2. The number of benzene rings is 1. The van der Waals surface area contributed by atoms with Gasteiger partial charge in [0.1, 0.15) is 6.04 Å². The van der Waals surface area contributed by atoms with Gasteiger partial charge in [0.2, 0.25) is 5.91 Å². The van der Waals surface area contributed by atoms with Crippen LogP contribution < -0.4 is 16.4 Å². The lowest BCUT2D eigenvalue weighted by Gasteiger charge is -2.45. The molecular weight excluding hydrogens is 384 g/mol. The van der Waals surface area contributed by atoms with Crippen LogP contribution in [0.1, 0.15) is 49.4 Å². The van der Waals surface area contributed by atoms with Gasteiger partial charge >= 0.3 is 0 Å². The number of nitrogens with zero attached hydrogens (tertiary/aromatic N) is 1. The van der Waals surface area contributed by atoms with Crippen molar-refractivity contribution in [3.63, 3.8) is 0 Å². The van der Waals surface area contributed by atoms with Crippen molar-refractivity contribution in [1.82, 2.24) is 10.6 Å². The Morgan fingerprint density at radius 3 is 2.50 bits per heavy atom. The molecule has 1 aromatic rings. The number of nitrogens with two attached hydrogens (primary N) is 1. The van der Waals surface area contributed by atoms with Crippen molar-refractivity contribution >= 4 is 29.9 Å². The normalized spacial score (nSPS) is 27.1. The molecule has 0 radical (unpaired) electrons. The number of carbonyl (C=O) groups is 2. The molecule has 2 aliphatic rings. The van der Waals surface area contributed by atoms with Gasteiger partial charge < -0.3 is 16.4 Å². The van der Waals surface area contributed by atoms with Gasteiger partial charge in [-0.25, -0.2) is 0 Å². The Bertz CT molecular complexity index is 730. The second-order valence-electron chi connectivity index (χ2n) is 7.72. The highest BCUT2D eigenvalue weighted by molar-refractivity contribution is 5.97. The number of rotatable bonds is 5. The van der Waals surface area contributed by atoms with Crippen molar-refractivity contribution < 1.29 is 14.5 Å². The SMILES string of the molecule is CC(NC(=O)c1cccc([N+](=O)[O-])c1)C(=O)NC1C2CCCC1CC(N)C2.Cl. The first-order valence-electron chi connectivity index (χ1n) is 9.46. The highest BCUT2D eigenvalue weighted by Gasteiger charge is 2.40. The van der Waals surface area contributed by atoms with Gasteiger partial charge in [-0.05, 0) is 50.5 Å². The number of hydrogen-bond donors (Lipinski definition) is 3. The average molecular weight is 411 g/mol.